The number of hydrogen-bond acceptors (Lipinski definition) is 1. The van der Waals surface area contributed by atoms with E-state index in [9.17, 15) is 4.39 Å². The van der Waals surface area contributed by atoms with Crippen molar-refractivity contribution in [2.24, 2.45) is 0 Å². The molecule has 0 spiro atoms. The minimum atomic E-state index is -0.217. The molecule has 0 aliphatic carbocycles. The molecule has 1 nitrogen and oxygen atoms in total. The third-order valence-corrected chi connectivity index (χ3v) is 1.57. The number of fused-ring (bicyclic) bond motifs is 1. The lowest BCUT2D eigenvalue weighted by atomic mass is 10.2. The number of aromatic nitrogens is 1. The predicted molar refractivity (Wildman–Crippen MR) is 64.4 cm³/mol. The van der Waals surface area contributed by atoms with E-state index in [1.165, 1.54) is 12.1 Å². The normalized spacial score (nSPS) is 8.33. The molecule has 1 heterocycles. The van der Waals surface area contributed by atoms with Gasteiger partial charge in [0.05, 0.1) is 5.52 Å². The molecule has 0 aliphatic heterocycles. The summed E-state index contributed by atoms with van der Waals surface area (Å²) < 4.78 is 12.6. The molecule has 0 atom stereocenters. The number of rotatable bonds is 0. The van der Waals surface area contributed by atoms with Crippen LogP contribution in [0, 0.1) is 5.82 Å². The van der Waals surface area contributed by atoms with Crippen LogP contribution in [-0.4, -0.2) is 4.98 Å². The standard InChI is InChI=1S/C9H6FN.2C2H6/c10-8-3-4-9-7(6-8)2-1-5-11-9;2*1-2/h1-6H;2*1-2H3. The van der Waals surface area contributed by atoms with Crippen molar-refractivity contribution in [3.63, 3.8) is 0 Å². The van der Waals surface area contributed by atoms with Gasteiger partial charge in [0.25, 0.3) is 0 Å². The van der Waals surface area contributed by atoms with E-state index in [1.807, 2.05) is 33.8 Å². The summed E-state index contributed by atoms with van der Waals surface area (Å²) in [6.45, 7) is 8.00. The van der Waals surface area contributed by atoms with Crippen molar-refractivity contribution in [3.05, 3.63) is 42.3 Å². The van der Waals surface area contributed by atoms with E-state index in [0.29, 0.717) is 0 Å². The highest BCUT2D eigenvalue weighted by Gasteiger charge is 1.93. The van der Waals surface area contributed by atoms with Gasteiger partial charge in [-0.1, -0.05) is 33.8 Å². The third-order valence-electron chi connectivity index (χ3n) is 1.57. The van der Waals surface area contributed by atoms with E-state index in [4.69, 9.17) is 0 Å². The van der Waals surface area contributed by atoms with Gasteiger partial charge in [-0.3, -0.25) is 4.98 Å². The van der Waals surface area contributed by atoms with Crippen LogP contribution in [0.25, 0.3) is 10.9 Å². The second kappa shape index (κ2) is 7.92. The van der Waals surface area contributed by atoms with E-state index >= 15 is 0 Å². The summed E-state index contributed by atoms with van der Waals surface area (Å²) in [6, 6.07) is 8.19. The number of halogens is 1. The molecule has 0 radical (unpaired) electrons. The lowest BCUT2D eigenvalue weighted by Gasteiger charge is -1.93. The predicted octanol–water partition coefficient (Wildman–Crippen LogP) is 4.43. The molecule has 2 rings (SSSR count). The molecule has 82 valence electrons. The zero-order valence-corrected chi connectivity index (χ0v) is 9.79. The quantitative estimate of drug-likeness (QED) is 0.623. The van der Waals surface area contributed by atoms with Crippen molar-refractivity contribution < 1.29 is 4.39 Å². The van der Waals surface area contributed by atoms with Crippen molar-refractivity contribution in [1.29, 1.82) is 0 Å². The molecule has 0 N–H and O–H groups in total. The smallest absolute Gasteiger partial charge is 0.123 e. The number of pyridine rings is 1. The van der Waals surface area contributed by atoms with Crippen molar-refractivity contribution in [2.45, 2.75) is 27.7 Å². The first-order valence-corrected chi connectivity index (χ1v) is 5.36. The first kappa shape index (κ1) is 13.6. The highest BCUT2D eigenvalue weighted by molar-refractivity contribution is 5.77. The van der Waals surface area contributed by atoms with Crippen LogP contribution < -0.4 is 0 Å². The molecule has 0 bridgehead atoms. The van der Waals surface area contributed by atoms with Crippen LogP contribution >= 0.6 is 0 Å². The van der Waals surface area contributed by atoms with Crippen LogP contribution in [0.5, 0.6) is 0 Å². The zero-order valence-electron chi connectivity index (χ0n) is 9.79. The van der Waals surface area contributed by atoms with Gasteiger partial charge >= 0.3 is 0 Å². The van der Waals surface area contributed by atoms with Crippen molar-refractivity contribution in [3.8, 4) is 0 Å². The highest BCUT2D eigenvalue weighted by atomic mass is 19.1. The Labute approximate surface area is 91.0 Å². The number of hydrogen-bond donors (Lipinski definition) is 0. The number of nitrogens with zero attached hydrogens (tertiary/aromatic N) is 1. The highest BCUT2D eigenvalue weighted by Crippen LogP contribution is 2.11. The molecular weight excluding hydrogens is 189 g/mol. The molecule has 0 saturated carbocycles. The first-order chi connectivity index (χ1) is 7.36. The molecule has 0 saturated heterocycles. The summed E-state index contributed by atoms with van der Waals surface area (Å²) in [5, 5.41) is 0.840. The Morgan fingerprint density at radius 3 is 2.33 bits per heavy atom. The minimum Gasteiger partial charge on any atom is -0.256 e. The van der Waals surface area contributed by atoms with Crippen LogP contribution in [-0.2, 0) is 0 Å². The zero-order chi connectivity index (χ0) is 11.7. The van der Waals surface area contributed by atoms with Gasteiger partial charge in [0.15, 0.2) is 0 Å². The lowest BCUT2D eigenvalue weighted by molar-refractivity contribution is 0.629. The van der Waals surface area contributed by atoms with Gasteiger partial charge in [0.1, 0.15) is 5.82 Å². The van der Waals surface area contributed by atoms with Crippen molar-refractivity contribution in [1.82, 2.24) is 4.98 Å². The summed E-state index contributed by atoms with van der Waals surface area (Å²) in [6.07, 6.45) is 1.69. The number of benzene rings is 1. The Hall–Kier alpha value is -1.44. The maximum atomic E-state index is 12.6. The van der Waals surface area contributed by atoms with Crippen molar-refractivity contribution >= 4 is 10.9 Å². The molecule has 1 aromatic heterocycles. The molecular formula is C13H18FN. The van der Waals surface area contributed by atoms with Crippen LogP contribution in [0.1, 0.15) is 27.7 Å². The molecule has 0 fully saturated rings. The summed E-state index contributed by atoms with van der Waals surface area (Å²) >= 11 is 0. The summed E-state index contributed by atoms with van der Waals surface area (Å²) in [4.78, 5) is 4.06. The second-order valence-corrected chi connectivity index (χ2v) is 2.34. The van der Waals surface area contributed by atoms with Gasteiger partial charge in [-0.05, 0) is 24.3 Å². The van der Waals surface area contributed by atoms with Gasteiger partial charge in [0, 0.05) is 11.6 Å². The van der Waals surface area contributed by atoms with Gasteiger partial charge in [0.2, 0.25) is 0 Å². The lowest BCUT2D eigenvalue weighted by Crippen LogP contribution is -1.78. The fourth-order valence-electron chi connectivity index (χ4n) is 1.05. The van der Waals surface area contributed by atoms with E-state index in [-0.39, 0.29) is 5.82 Å². The minimum absolute atomic E-state index is 0.217. The Kier molecular flexibility index (Phi) is 7.16. The average Bonchev–Trinajstić information content (AvgIpc) is 2.34. The monoisotopic (exact) mass is 207 g/mol. The van der Waals surface area contributed by atoms with Gasteiger partial charge in [-0.25, -0.2) is 4.39 Å². The first-order valence-electron chi connectivity index (χ1n) is 5.36. The van der Waals surface area contributed by atoms with Crippen molar-refractivity contribution in [2.75, 3.05) is 0 Å². The molecule has 15 heavy (non-hydrogen) atoms. The molecule has 0 amide bonds. The average molecular weight is 207 g/mol. The summed E-state index contributed by atoms with van der Waals surface area (Å²) in [5.74, 6) is -0.217. The third kappa shape index (κ3) is 4.07. The van der Waals surface area contributed by atoms with Crippen LogP contribution in [0.4, 0.5) is 4.39 Å². The summed E-state index contributed by atoms with van der Waals surface area (Å²) in [7, 11) is 0. The van der Waals surface area contributed by atoms with Gasteiger partial charge in [-0.2, -0.15) is 0 Å². The molecule has 2 heteroatoms. The maximum absolute atomic E-state index is 12.6. The second-order valence-electron chi connectivity index (χ2n) is 2.34. The van der Waals surface area contributed by atoms with Gasteiger partial charge in [-0.15, -0.1) is 0 Å². The molecule has 1 aromatic carbocycles. The SMILES string of the molecule is CC.CC.Fc1ccc2ncccc2c1. The van der Waals surface area contributed by atoms with Crippen LogP contribution in [0.3, 0.4) is 0 Å². The summed E-state index contributed by atoms with van der Waals surface area (Å²) in [5.41, 5.74) is 0.828. The van der Waals surface area contributed by atoms with Crippen LogP contribution in [0.2, 0.25) is 0 Å². The van der Waals surface area contributed by atoms with Crippen LogP contribution in [0.15, 0.2) is 36.5 Å². The topological polar surface area (TPSA) is 12.9 Å². The molecule has 0 unspecified atom stereocenters. The molecule has 2 aromatic rings. The van der Waals surface area contributed by atoms with E-state index in [0.717, 1.165) is 10.9 Å². The maximum Gasteiger partial charge on any atom is 0.123 e. The molecule has 0 aliphatic rings. The van der Waals surface area contributed by atoms with Gasteiger partial charge < -0.3 is 0 Å². The Balaban J connectivity index is 0.000000442. The van der Waals surface area contributed by atoms with E-state index in [1.54, 1.807) is 18.3 Å². The Morgan fingerprint density at radius 2 is 1.67 bits per heavy atom. The largest absolute Gasteiger partial charge is 0.256 e. The Bertz CT molecular complexity index is 385. The fraction of sp³-hybridized carbons (Fsp3) is 0.308. The van der Waals surface area contributed by atoms with E-state index in [2.05, 4.69) is 4.98 Å². The fourth-order valence-corrected chi connectivity index (χ4v) is 1.05. The Morgan fingerprint density at radius 1 is 1.00 bits per heavy atom. The van der Waals surface area contributed by atoms with E-state index < -0.39 is 0 Å².